The standard InChI is InChI=1S/C17H27FN4O.HI/c1-5-19-17(21-10-9-20-16(23)13(2)3)22(4)12-14-7-6-8-15(18)11-14;/h6-8,11,13H,5,9-10,12H2,1-4H3,(H,19,21)(H,20,23);1H. The number of hydrogen-bond acceptors (Lipinski definition) is 2. The lowest BCUT2D eigenvalue weighted by molar-refractivity contribution is -0.123. The maximum atomic E-state index is 13.3. The molecule has 1 aromatic rings. The zero-order chi connectivity index (χ0) is 17.2. The van der Waals surface area contributed by atoms with E-state index in [4.69, 9.17) is 0 Å². The van der Waals surface area contributed by atoms with Gasteiger partial charge >= 0.3 is 0 Å². The highest BCUT2D eigenvalue weighted by molar-refractivity contribution is 14.0. The van der Waals surface area contributed by atoms with Crippen LogP contribution in [0.1, 0.15) is 26.3 Å². The van der Waals surface area contributed by atoms with Crippen molar-refractivity contribution < 1.29 is 9.18 Å². The van der Waals surface area contributed by atoms with Gasteiger partial charge in [-0.15, -0.1) is 24.0 Å². The fraction of sp³-hybridized carbons (Fsp3) is 0.529. The molecule has 0 bridgehead atoms. The third-order valence-electron chi connectivity index (χ3n) is 3.20. The molecule has 0 spiro atoms. The molecule has 0 radical (unpaired) electrons. The van der Waals surface area contributed by atoms with E-state index in [0.717, 1.165) is 18.1 Å². The van der Waals surface area contributed by atoms with Gasteiger partial charge < -0.3 is 15.5 Å². The molecule has 0 aliphatic heterocycles. The van der Waals surface area contributed by atoms with Crippen LogP contribution in [0.4, 0.5) is 4.39 Å². The molecule has 2 N–H and O–H groups in total. The minimum absolute atomic E-state index is 0. The van der Waals surface area contributed by atoms with Gasteiger partial charge in [-0.25, -0.2) is 4.39 Å². The molecule has 5 nitrogen and oxygen atoms in total. The van der Waals surface area contributed by atoms with Gasteiger partial charge in [-0.2, -0.15) is 0 Å². The minimum atomic E-state index is -0.241. The van der Waals surface area contributed by atoms with Gasteiger partial charge in [-0.05, 0) is 24.6 Å². The third kappa shape index (κ3) is 8.47. The van der Waals surface area contributed by atoms with Crippen molar-refractivity contribution in [2.75, 3.05) is 26.7 Å². The first-order chi connectivity index (χ1) is 10.9. The normalized spacial score (nSPS) is 11.0. The Balaban J connectivity index is 0.00000529. The van der Waals surface area contributed by atoms with E-state index < -0.39 is 0 Å². The van der Waals surface area contributed by atoms with Gasteiger partial charge in [0.2, 0.25) is 5.91 Å². The van der Waals surface area contributed by atoms with Crippen molar-refractivity contribution in [1.82, 2.24) is 15.5 Å². The molecule has 0 heterocycles. The van der Waals surface area contributed by atoms with Gasteiger partial charge in [0, 0.05) is 32.6 Å². The van der Waals surface area contributed by atoms with Crippen LogP contribution in [0.3, 0.4) is 0 Å². The maximum absolute atomic E-state index is 13.3. The Morgan fingerprint density at radius 2 is 2.04 bits per heavy atom. The van der Waals surface area contributed by atoms with Crippen molar-refractivity contribution in [2.45, 2.75) is 27.3 Å². The minimum Gasteiger partial charge on any atom is -0.357 e. The average molecular weight is 450 g/mol. The van der Waals surface area contributed by atoms with Crippen LogP contribution in [-0.4, -0.2) is 43.4 Å². The van der Waals surface area contributed by atoms with Crippen LogP contribution in [0.25, 0.3) is 0 Å². The summed E-state index contributed by atoms with van der Waals surface area (Å²) in [4.78, 5) is 17.9. The van der Waals surface area contributed by atoms with Crippen LogP contribution in [0.5, 0.6) is 0 Å². The lowest BCUT2D eigenvalue weighted by Crippen LogP contribution is -2.39. The van der Waals surface area contributed by atoms with E-state index in [9.17, 15) is 9.18 Å². The predicted molar refractivity (Wildman–Crippen MR) is 107 cm³/mol. The molecule has 136 valence electrons. The van der Waals surface area contributed by atoms with E-state index in [0.29, 0.717) is 19.6 Å². The Kier molecular flexibility index (Phi) is 11.4. The molecule has 0 fully saturated rings. The summed E-state index contributed by atoms with van der Waals surface area (Å²) >= 11 is 0. The molecule has 1 rings (SSSR count). The molecule has 0 aromatic heterocycles. The predicted octanol–water partition coefficient (Wildman–Crippen LogP) is 2.61. The molecule has 0 saturated carbocycles. The number of rotatable bonds is 7. The summed E-state index contributed by atoms with van der Waals surface area (Å²) in [6.07, 6.45) is 0. The topological polar surface area (TPSA) is 56.7 Å². The second-order valence-electron chi connectivity index (χ2n) is 5.67. The van der Waals surface area contributed by atoms with E-state index >= 15 is 0 Å². The third-order valence-corrected chi connectivity index (χ3v) is 3.20. The first-order valence-electron chi connectivity index (χ1n) is 7.95. The molecule has 7 heteroatoms. The van der Waals surface area contributed by atoms with Gasteiger partial charge in [0.25, 0.3) is 0 Å². The first kappa shape index (κ1) is 22.6. The monoisotopic (exact) mass is 450 g/mol. The van der Waals surface area contributed by atoms with Crippen LogP contribution in [0, 0.1) is 11.7 Å². The second-order valence-corrected chi connectivity index (χ2v) is 5.67. The van der Waals surface area contributed by atoms with E-state index in [1.54, 1.807) is 6.07 Å². The fourth-order valence-corrected chi connectivity index (χ4v) is 2.00. The number of carbonyl (C=O) groups is 1. The van der Waals surface area contributed by atoms with E-state index in [1.165, 1.54) is 12.1 Å². The summed E-state index contributed by atoms with van der Waals surface area (Å²) in [5.41, 5.74) is 0.881. The summed E-state index contributed by atoms with van der Waals surface area (Å²) in [5, 5.41) is 6.03. The Morgan fingerprint density at radius 1 is 1.33 bits per heavy atom. The number of hydrogen-bond donors (Lipinski definition) is 2. The summed E-state index contributed by atoms with van der Waals surface area (Å²) < 4.78 is 13.3. The number of aliphatic imine (C=N–C) groups is 1. The van der Waals surface area contributed by atoms with E-state index in [2.05, 4.69) is 15.6 Å². The zero-order valence-corrected chi connectivity index (χ0v) is 17.1. The number of guanidine groups is 1. The summed E-state index contributed by atoms with van der Waals surface area (Å²) in [7, 11) is 1.90. The van der Waals surface area contributed by atoms with Gasteiger partial charge in [0.15, 0.2) is 5.96 Å². The van der Waals surface area contributed by atoms with Crippen LogP contribution in [-0.2, 0) is 11.3 Å². The largest absolute Gasteiger partial charge is 0.357 e. The molecule has 0 saturated heterocycles. The summed E-state index contributed by atoms with van der Waals surface area (Å²) in [6.45, 7) is 8.00. The number of nitrogens with zero attached hydrogens (tertiary/aromatic N) is 2. The Bertz CT molecular complexity index is 537. The van der Waals surface area contributed by atoms with E-state index in [-0.39, 0.29) is 41.6 Å². The molecular formula is C17H28FIN4O. The lowest BCUT2D eigenvalue weighted by Gasteiger charge is -2.22. The summed E-state index contributed by atoms with van der Waals surface area (Å²) in [5.74, 6) is 0.492. The maximum Gasteiger partial charge on any atom is 0.222 e. The molecular weight excluding hydrogens is 422 g/mol. The molecule has 0 aliphatic rings. The van der Waals surface area contributed by atoms with Crippen molar-refractivity contribution in [3.8, 4) is 0 Å². The lowest BCUT2D eigenvalue weighted by atomic mass is 10.2. The smallest absolute Gasteiger partial charge is 0.222 e. The Hall–Kier alpha value is -1.38. The highest BCUT2D eigenvalue weighted by Crippen LogP contribution is 2.06. The van der Waals surface area contributed by atoms with Gasteiger partial charge in [-0.3, -0.25) is 9.79 Å². The van der Waals surface area contributed by atoms with Crippen molar-refractivity contribution in [3.63, 3.8) is 0 Å². The van der Waals surface area contributed by atoms with E-state index in [1.807, 2.05) is 38.8 Å². The summed E-state index contributed by atoms with van der Waals surface area (Å²) in [6, 6.07) is 6.53. The second kappa shape index (κ2) is 12.0. The molecule has 1 amide bonds. The molecule has 0 aliphatic carbocycles. The number of halogens is 2. The average Bonchev–Trinajstić information content (AvgIpc) is 2.49. The highest BCUT2D eigenvalue weighted by atomic mass is 127. The Morgan fingerprint density at radius 3 is 2.62 bits per heavy atom. The van der Waals surface area contributed by atoms with Crippen molar-refractivity contribution in [1.29, 1.82) is 0 Å². The molecule has 1 aromatic carbocycles. The van der Waals surface area contributed by atoms with Crippen LogP contribution >= 0.6 is 24.0 Å². The Labute approximate surface area is 161 Å². The van der Waals surface area contributed by atoms with Crippen LogP contribution in [0.2, 0.25) is 0 Å². The molecule has 0 atom stereocenters. The van der Waals surface area contributed by atoms with Crippen molar-refractivity contribution in [2.24, 2.45) is 10.9 Å². The number of nitrogens with one attached hydrogen (secondary N) is 2. The van der Waals surface area contributed by atoms with Gasteiger partial charge in [0.05, 0.1) is 6.54 Å². The highest BCUT2D eigenvalue weighted by Gasteiger charge is 2.08. The van der Waals surface area contributed by atoms with Crippen molar-refractivity contribution in [3.05, 3.63) is 35.6 Å². The van der Waals surface area contributed by atoms with Crippen LogP contribution in [0.15, 0.2) is 29.3 Å². The molecule has 24 heavy (non-hydrogen) atoms. The van der Waals surface area contributed by atoms with Gasteiger partial charge in [0.1, 0.15) is 5.82 Å². The zero-order valence-electron chi connectivity index (χ0n) is 14.8. The number of carbonyl (C=O) groups excluding carboxylic acids is 1. The SMILES string of the molecule is CCNC(=NCCNC(=O)C(C)C)N(C)Cc1cccc(F)c1.I. The fourth-order valence-electron chi connectivity index (χ4n) is 2.00. The number of benzene rings is 1. The van der Waals surface area contributed by atoms with Crippen LogP contribution < -0.4 is 10.6 Å². The van der Waals surface area contributed by atoms with Gasteiger partial charge in [-0.1, -0.05) is 26.0 Å². The first-order valence-corrected chi connectivity index (χ1v) is 7.95. The quantitative estimate of drug-likeness (QED) is 0.291. The number of amides is 1. The van der Waals surface area contributed by atoms with Crippen molar-refractivity contribution >= 4 is 35.8 Å². The molecule has 0 unspecified atom stereocenters.